The molecule has 0 aromatic heterocycles. The monoisotopic (exact) mass is 442 g/mol. The standard InChI is InChI=1S/C24H30N2O4S/c27-23(25-13-11-19-7-3-1-4-8-19)15-21-17-31(29,30)18-22(21)16-24(28)26-14-12-20-9-5-2-6-10-20/h1-10,21-22H,11-18H2,(H,25,27)(H,26,28)/t21-,22-/m1/s1. The van der Waals surface area contributed by atoms with Crippen LogP contribution in [0.25, 0.3) is 0 Å². The highest BCUT2D eigenvalue weighted by Crippen LogP contribution is 2.30. The van der Waals surface area contributed by atoms with Crippen LogP contribution in [0.3, 0.4) is 0 Å². The summed E-state index contributed by atoms with van der Waals surface area (Å²) in [6, 6.07) is 19.7. The van der Waals surface area contributed by atoms with Crippen molar-refractivity contribution in [3.8, 4) is 0 Å². The second-order valence-corrected chi connectivity index (χ2v) is 10.3. The first-order valence-corrected chi connectivity index (χ1v) is 12.5. The van der Waals surface area contributed by atoms with Gasteiger partial charge in [0.2, 0.25) is 11.8 Å². The highest BCUT2D eigenvalue weighted by molar-refractivity contribution is 7.91. The van der Waals surface area contributed by atoms with Crippen molar-refractivity contribution in [2.45, 2.75) is 25.7 Å². The lowest BCUT2D eigenvalue weighted by molar-refractivity contribution is -0.124. The lowest BCUT2D eigenvalue weighted by Crippen LogP contribution is -2.32. The van der Waals surface area contributed by atoms with Crippen LogP contribution in [0, 0.1) is 11.8 Å². The molecule has 2 aromatic rings. The van der Waals surface area contributed by atoms with Gasteiger partial charge >= 0.3 is 0 Å². The van der Waals surface area contributed by atoms with Gasteiger partial charge in [-0.15, -0.1) is 0 Å². The van der Waals surface area contributed by atoms with E-state index >= 15 is 0 Å². The highest BCUT2D eigenvalue weighted by Gasteiger charge is 2.39. The largest absolute Gasteiger partial charge is 0.356 e. The van der Waals surface area contributed by atoms with Crippen LogP contribution in [0.2, 0.25) is 0 Å². The summed E-state index contributed by atoms with van der Waals surface area (Å²) in [5, 5.41) is 5.75. The van der Waals surface area contributed by atoms with Crippen molar-refractivity contribution in [3.63, 3.8) is 0 Å². The SMILES string of the molecule is O=C(C[C@@H]1CS(=O)(=O)C[C@H]1CC(=O)NCCc1ccccc1)NCCc1ccccc1. The summed E-state index contributed by atoms with van der Waals surface area (Å²) in [5.41, 5.74) is 2.27. The topological polar surface area (TPSA) is 92.3 Å². The number of rotatable bonds is 10. The Morgan fingerprint density at radius 1 is 0.710 bits per heavy atom. The van der Waals surface area contributed by atoms with Gasteiger partial charge in [0, 0.05) is 25.9 Å². The summed E-state index contributed by atoms with van der Waals surface area (Å²) in [6.07, 6.45) is 1.72. The van der Waals surface area contributed by atoms with Crippen LogP contribution in [0.4, 0.5) is 0 Å². The second-order valence-electron chi connectivity index (χ2n) is 8.18. The van der Waals surface area contributed by atoms with Crippen molar-refractivity contribution in [1.29, 1.82) is 0 Å². The summed E-state index contributed by atoms with van der Waals surface area (Å²) >= 11 is 0. The maximum absolute atomic E-state index is 12.4. The summed E-state index contributed by atoms with van der Waals surface area (Å²) < 4.78 is 24.3. The van der Waals surface area contributed by atoms with Gasteiger partial charge in [-0.3, -0.25) is 9.59 Å². The molecule has 2 aromatic carbocycles. The number of nitrogens with one attached hydrogen (secondary N) is 2. The van der Waals surface area contributed by atoms with Crippen molar-refractivity contribution in [3.05, 3.63) is 71.8 Å². The summed E-state index contributed by atoms with van der Waals surface area (Å²) in [4.78, 5) is 24.7. The number of sulfone groups is 1. The molecule has 31 heavy (non-hydrogen) atoms. The first-order valence-electron chi connectivity index (χ1n) is 10.7. The van der Waals surface area contributed by atoms with E-state index in [2.05, 4.69) is 10.6 Å². The van der Waals surface area contributed by atoms with E-state index in [1.165, 1.54) is 0 Å². The number of carbonyl (C=O) groups is 2. The maximum atomic E-state index is 12.4. The number of amides is 2. The minimum atomic E-state index is -3.22. The van der Waals surface area contributed by atoms with Crippen LogP contribution in [0.15, 0.2) is 60.7 Å². The van der Waals surface area contributed by atoms with Crippen molar-refractivity contribution in [2.75, 3.05) is 24.6 Å². The minimum absolute atomic E-state index is 0.0267. The van der Waals surface area contributed by atoms with Crippen molar-refractivity contribution < 1.29 is 18.0 Å². The molecule has 0 saturated carbocycles. The van der Waals surface area contributed by atoms with E-state index in [-0.39, 0.29) is 48.0 Å². The number of carbonyl (C=O) groups excluding carboxylic acids is 2. The number of hydrogen-bond donors (Lipinski definition) is 2. The number of benzene rings is 2. The zero-order chi connectivity index (χ0) is 22.1. The summed E-state index contributed by atoms with van der Waals surface area (Å²) in [7, 11) is -3.22. The van der Waals surface area contributed by atoms with Gasteiger partial charge in [0.15, 0.2) is 9.84 Å². The van der Waals surface area contributed by atoms with Crippen molar-refractivity contribution in [1.82, 2.24) is 10.6 Å². The van der Waals surface area contributed by atoms with Gasteiger partial charge in [0.1, 0.15) is 0 Å². The summed E-state index contributed by atoms with van der Waals surface area (Å²) in [6.45, 7) is 1.01. The Balaban J connectivity index is 1.43. The third-order valence-electron chi connectivity index (χ3n) is 5.66. The van der Waals surface area contributed by atoms with Gasteiger partial charge in [-0.2, -0.15) is 0 Å². The summed E-state index contributed by atoms with van der Waals surface area (Å²) in [5.74, 6) is -1.01. The van der Waals surface area contributed by atoms with E-state index in [0.717, 1.165) is 24.0 Å². The van der Waals surface area contributed by atoms with E-state index in [4.69, 9.17) is 0 Å². The number of hydrogen-bond acceptors (Lipinski definition) is 4. The predicted octanol–water partition coefficient (Wildman–Crippen LogP) is 2.15. The average Bonchev–Trinajstić information content (AvgIpc) is 3.02. The first-order chi connectivity index (χ1) is 14.9. The second kappa shape index (κ2) is 11.1. The van der Waals surface area contributed by atoms with E-state index in [1.54, 1.807) is 0 Å². The fourth-order valence-corrected chi connectivity index (χ4v) is 6.27. The Labute approximate surface area is 184 Å². The normalized spacial score (nSPS) is 19.6. The molecular weight excluding hydrogens is 412 g/mol. The van der Waals surface area contributed by atoms with Crippen LogP contribution < -0.4 is 10.6 Å². The molecule has 0 bridgehead atoms. The zero-order valence-electron chi connectivity index (χ0n) is 17.6. The Morgan fingerprint density at radius 3 is 1.48 bits per heavy atom. The molecule has 1 heterocycles. The lowest BCUT2D eigenvalue weighted by atomic mass is 9.89. The van der Waals surface area contributed by atoms with Gasteiger partial charge < -0.3 is 10.6 Å². The molecule has 2 N–H and O–H groups in total. The van der Waals surface area contributed by atoms with Gasteiger partial charge in [-0.1, -0.05) is 60.7 Å². The predicted molar refractivity (Wildman–Crippen MR) is 121 cm³/mol. The third-order valence-corrected chi connectivity index (χ3v) is 7.53. The van der Waals surface area contributed by atoms with Gasteiger partial charge in [-0.05, 0) is 35.8 Å². The van der Waals surface area contributed by atoms with Gasteiger partial charge in [-0.25, -0.2) is 8.42 Å². The molecule has 1 aliphatic heterocycles. The molecule has 1 fully saturated rings. The van der Waals surface area contributed by atoms with E-state index in [1.807, 2.05) is 60.7 Å². The minimum Gasteiger partial charge on any atom is -0.356 e. The third kappa shape index (κ3) is 7.83. The van der Waals surface area contributed by atoms with Crippen LogP contribution >= 0.6 is 0 Å². The molecule has 0 unspecified atom stereocenters. The molecule has 2 atom stereocenters. The fraction of sp³-hybridized carbons (Fsp3) is 0.417. The van der Waals surface area contributed by atoms with Crippen LogP contribution in [-0.2, 0) is 32.3 Å². The fourth-order valence-electron chi connectivity index (χ4n) is 4.05. The molecule has 2 amide bonds. The van der Waals surface area contributed by atoms with E-state index in [0.29, 0.717) is 13.1 Å². The van der Waals surface area contributed by atoms with Crippen LogP contribution in [0.1, 0.15) is 24.0 Å². The average molecular weight is 443 g/mol. The van der Waals surface area contributed by atoms with Crippen LogP contribution in [-0.4, -0.2) is 44.8 Å². The van der Waals surface area contributed by atoms with Gasteiger partial charge in [0.05, 0.1) is 11.5 Å². The van der Waals surface area contributed by atoms with E-state index < -0.39 is 9.84 Å². The van der Waals surface area contributed by atoms with Gasteiger partial charge in [0.25, 0.3) is 0 Å². The van der Waals surface area contributed by atoms with Crippen molar-refractivity contribution in [2.24, 2.45) is 11.8 Å². The van der Waals surface area contributed by atoms with E-state index in [9.17, 15) is 18.0 Å². The smallest absolute Gasteiger partial charge is 0.220 e. The molecule has 1 saturated heterocycles. The molecule has 7 heteroatoms. The molecule has 0 spiro atoms. The van der Waals surface area contributed by atoms with Crippen LogP contribution in [0.5, 0.6) is 0 Å². The molecule has 1 aliphatic rings. The lowest BCUT2D eigenvalue weighted by Gasteiger charge is -2.17. The Hall–Kier alpha value is -2.67. The molecule has 6 nitrogen and oxygen atoms in total. The Bertz CT molecular complexity index is 888. The first kappa shape index (κ1) is 23.0. The molecule has 0 aliphatic carbocycles. The molecule has 3 rings (SSSR count). The highest BCUT2D eigenvalue weighted by atomic mass is 32.2. The molecule has 166 valence electrons. The molecular formula is C24H30N2O4S. The maximum Gasteiger partial charge on any atom is 0.220 e. The molecule has 0 radical (unpaired) electrons. The quantitative estimate of drug-likeness (QED) is 0.590. The zero-order valence-corrected chi connectivity index (χ0v) is 18.4. The Kier molecular flexibility index (Phi) is 8.23. The Morgan fingerprint density at radius 2 is 1.10 bits per heavy atom. The van der Waals surface area contributed by atoms with Crippen molar-refractivity contribution >= 4 is 21.7 Å².